The first-order chi connectivity index (χ1) is 5.62. The highest BCUT2D eigenvalue weighted by Gasteiger charge is 2.27. The average Bonchev–Trinajstić information content (AvgIpc) is 2.03. The van der Waals surface area contributed by atoms with E-state index in [-0.39, 0.29) is 5.54 Å². The van der Waals surface area contributed by atoms with Crippen LogP contribution in [0.25, 0.3) is 0 Å². The van der Waals surface area contributed by atoms with Crippen LogP contribution >= 0.6 is 11.8 Å². The quantitative estimate of drug-likeness (QED) is 0.721. The van der Waals surface area contributed by atoms with Crippen molar-refractivity contribution >= 4 is 11.8 Å². The molecule has 0 aromatic heterocycles. The van der Waals surface area contributed by atoms with Crippen LogP contribution in [0.1, 0.15) is 19.3 Å². The van der Waals surface area contributed by atoms with Gasteiger partial charge in [-0.15, -0.1) is 0 Å². The van der Waals surface area contributed by atoms with Gasteiger partial charge in [-0.25, -0.2) is 0 Å². The maximum absolute atomic E-state index is 6.26. The van der Waals surface area contributed by atoms with Crippen molar-refractivity contribution in [2.45, 2.75) is 24.8 Å². The van der Waals surface area contributed by atoms with Crippen molar-refractivity contribution in [1.29, 1.82) is 0 Å². The van der Waals surface area contributed by atoms with Gasteiger partial charge in [-0.05, 0) is 45.7 Å². The lowest BCUT2D eigenvalue weighted by Crippen LogP contribution is -2.46. The van der Waals surface area contributed by atoms with Crippen LogP contribution in [0.5, 0.6) is 0 Å². The van der Waals surface area contributed by atoms with Crippen LogP contribution in [0.4, 0.5) is 0 Å². The van der Waals surface area contributed by atoms with E-state index in [2.05, 4.69) is 19.0 Å². The Bertz CT molecular complexity index is 130. The van der Waals surface area contributed by atoms with E-state index in [1.807, 2.05) is 11.8 Å². The highest BCUT2D eigenvalue weighted by Crippen LogP contribution is 2.27. The number of hydrogen-bond acceptors (Lipinski definition) is 3. The van der Waals surface area contributed by atoms with Gasteiger partial charge in [-0.1, -0.05) is 0 Å². The van der Waals surface area contributed by atoms with Crippen molar-refractivity contribution in [3.8, 4) is 0 Å². The lowest BCUT2D eigenvalue weighted by atomic mass is 9.93. The van der Waals surface area contributed by atoms with Crippen molar-refractivity contribution in [3.63, 3.8) is 0 Å². The Morgan fingerprint density at radius 3 is 2.75 bits per heavy atom. The molecule has 1 atom stereocenters. The third kappa shape index (κ3) is 3.33. The van der Waals surface area contributed by atoms with Gasteiger partial charge in [-0.3, -0.25) is 0 Å². The molecule has 1 rings (SSSR count). The zero-order valence-corrected chi connectivity index (χ0v) is 8.99. The predicted molar refractivity (Wildman–Crippen MR) is 56.6 cm³/mol. The zero-order chi connectivity index (χ0) is 9.03. The lowest BCUT2D eigenvalue weighted by molar-refractivity contribution is 0.316. The van der Waals surface area contributed by atoms with Crippen molar-refractivity contribution in [2.24, 2.45) is 5.73 Å². The topological polar surface area (TPSA) is 29.3 Å². The van der Waals surface area contributed by atoms with E-state index >= 15 is 0 Å². The summed E-state index contributed by atoms with van der Waals surface area (Å²) in [5, 5.41) is 0. The van der Waals surface area contributed by atoms with Crippen LogP contribution in [-0.4, -0.2) is 42.6 Å². The molecule has 3 heteroatoms. The van der Waals surface area contributed by atoms with Gasteiger partial charge in [-0.2, -0.15) is 11.8 Å². The summed E-state index contributed by atoms with van der Waals surface area (Å²) in [6.07, 6.45) is 3.66. The summed E-state index contributed by atoms with van der Waals surface area (Å²) in [6, 6.07) is 0. The summed E-state index contributed by atoms with van der Waals surface area (Å²) in [4.78, 5) is 2.22. The van der Waals surface area contributed by atoms with Crippen molar-refractivity contribution in [3.05, 3.63) is 0 Å². The van der Waals surface area contributed by atoms with Crippen LogP contribution in [0.15, 0.2) is 0 Å². The van der Waals surface area contributed by atoms with Gasteiger partial charge < -0.3 is 10.6 Å². The van der Waals surface area contributed by atoms with Crippen LogP contribution in [0.2, 0.25) is 0 Å². The predicted octanol–water partition coefficient (Wildman–Crippen LogP) is 1.16. The molecule has 12 heavy (non-hydrogen) atoms. The molecule has 72 valence electrons. The van der Waals surface area contributed by atoms with E-state index in [1.165, 1.54) is 18.6 Å². The molecule has 1 aliphatic heterocycles. The molecular weight excluding hydrogens is 168 g/mol. The number of thioether (sulfide) groups is 1. The molecule has 0 spiro atoms. The SMILES string of the molecule is CN(C)CCC1(N)CCCSC1. The Kier molecular flexibility index (Phi) is 3.87. The highest BCUT2D eigenvalue weighted by molar-refractivity contribution is 7.99. The molecule has 0 bridgehead atoms. The van der Waals surface area contributed by atoms with Crippen LogP contribution < -0.4 is 5.73 Å². The summed E-state index contributed by atoms with van der Waals surface area (Å²) in [5.74, 6) is 2.46. The van der Waals surface area contributed by atoms with E-state index in [0.29, 0.717) is 0 Å². The van der Waals surface area contributed by atoms with E-state index in [0.717, 1.165) is 18.7 Å². The lowest BCUT2D eigenvalue weighted by Gasteiger charge is -2.33. The number of nitrogens with zero attached hydrogens (tertiary/aromatic N) is 1. The zero-order valence-electron chi connectivity index (χ0n) is 8.18. The molecule has 0 amide bonds. The molecule has 0 aromatic carbocycles. The minimum absolute atomic E-state index is 0.132. The molecule has 0 saturated carbocycles. The number of rotatable bonds is 3. The second-order valence-electron chi connectivity index (χ2n) is 4.07. The van der Waals surface area contributed by atoms with Crippen molar-refractivity contribution in [1.82, 2.24) is 4.90 Å². The fourth-order valence-electron chi connectivity index (χ4n) is 1.52. The van der Waals surface area contributed by atoms with Gasteiger partial charge in [0.1, 0.15) is 0 Å². The second-order valence-corrected chi connectivity index (χ2v) is 5.18. The molecule has 2 nitrogen and oxygen atoms in total. The van der Waals surface area contributed by atoms with Crippen LogP contribution in [-0.2, 0) is 0 Å². The van der Waals surface area contributed by atoms with Gasteiger partial charge in [0.05, 0.1) is 0 Å². The monoisotopic (exact) mass is 188 g/mol. The third-order valence-corrected chi connectivity index (χ3v) is 3.77. The van der Waals surface area contributed by atoms with E-state index < -0.39 is 0 Å². The molecule has 0 aromatic rings. The minimum Gasteiger partial charge on any atom is -0.324 e. The number of nitrogens with two attached hydrogens (primary N) is 1. The fourth-order valence-corrected chi connectivity index (χ4v) is 2.71. The summed E-state index contributed by atoms with van der Waals surface area (Å²) in [6.45, 7) is 1.12. The molecule has 0 aliphatic carbocycles. The van der Waals surface area contributed by atoms with Crippen LogP contribution in [0.3, 0.4) is 0 Å². The Labute approximate surface area is 79.9 Å². The standard InChI is InChI=1S/C9H20N2S/c1-11(2)6-5-9(10)4-3-7-12-8-9/h3-8,10H2,1-2H3. The Balaban J connectivity index is 2.26. The Hall–Kier alpha value is 0.270. The maximum Gasteiger partial charge on any atom is 0.0258 e. The first-order valence-corrected chi connectivity index (χ1v) is 5.79. The van der Waals surface area contributed by atoms with Crippen LogP contribution in [0, 0.1) is 0 Å². The van der Waals surface area contributed by atoms with Gasteiger partial charge in [0, 0.05) is 11.3 Å². The minimum atomic E-state index is 0.132. The van der Waals surface area contributed by atoms with Crippen molar-refractivity contribution in [2.75, 3.05) is 32.1 Å². The van der Waals surface area contributed by atoms with E-state index in [1.54, 1.807) is 0 Å². The molecule has 0 radical (unpaired) electrons. The maximum atomic E-state index is 6.26. The van der Waals surface area contributed by atoms with Crippen molar-refractivity contribution < 1.29 is 0 Å². The summed E-state index contributed by atoms with van der Waals surface area (Å²) in [5.41, 5.74) is 6.39. The van der Waals surface area contributed by atoms with Gasteiger partial charge >= 0.3 is 0 Å². The molecule has 1 aliphatic rings. The summed E-state index contributed by atoms with van der Waals surface area (Å²) in [7, 11) is 4.22. The Morgan fingerprint density at radius 1 is 1.50 bits per heavy atom. The molecule has 1 unspecified atom stereocenters. The second kappa shape index (κ2) is 4.49. The molecule has 1 heterocycles. The smallest absolute Gasteiger partial charge is 0.0258 e. The fraction of sp³-hybridized carbons (Fsp3) is 1.00. The van der Waals surface area contributed by atoms with E-state index in [9.17, 15) is 0 Å². The largest absolute Gasteiger partial charge is 0.324 e. The molecule has 1 saturated heterocycles. The average molecular weight is 188 g/mol. The molecule has 1 fully saturated rings. The highest BCUT2D eigenvalue weighted by atomic mass is 32.2. The molecule has 2 N–H and O–H groups in total. The van der Waals surface area contributed by atoms with Gasteiger partial charge in [0.2, 0.25) is 0 Å². The van der Waals surface area contributed by atoms with Gasteiger partial charge in [0.25, 0.3) is 0 Å². The van der Waals surface area contributed by atoms with Gasteiger partial charge in [0.15, 0.2) is 0 Å². The summed E-state index contributed by atoms with van der Waals surface area (Å²) >= 11 is 2.01. The first kappa shape index (κ1) is 10.4. The summed E-state index contributed by atoms with van der Waals surface area (Å²) < 4.78 is 0. The number of hydrogen-bond donors (Lipinski definition) is 1. The third-order valence-electron chi connectivity index (χ3n) is 2.41. The van der Waals surface area contributed by atoms with E-state index in [4.69, 9.17) is 5.73 Å². The molecular formula is C9H20N2S. The normalized spacial score (nSPS) is 31.0. The first-order valence-electron chi connectivity index (χ1n) is 4.64. The Morgan fingerprint density at radius 2 is 2.25 bits per heavy atom.